The van der Waals surface area contributed by atoms with Crippen molar-refractivity contribution in [2.75, 3.05) is 20.0 Å². The number of benzene rings is 1. The molecule has 82 valence electrons. The van der Waals surface area contributed by atoms with Crippen LogP contribution in [0, 0.1) is 12.7 Å². The second-order valence-corrected chi connectivity index (χ2v) is 3.00. The van der Waals surface area contributed by atoms with Crippen molar-refractivity contribution < 1.29 is 18.7 Å². The molecule has 0 amide bonds. The van der Waals surface area contributed by atoms with E-state index in [1.165, 1.54) is 27.2 Å². The number of hydrogen-bond donors (Lipinski definition) is 1. The quantitative estimate of drug-likeness (QED) is 0.597. The maximum Gasteiger partial charge on any atom is 0.344 e. The van der Waals surface area contributed by atoms with Gasteiger partial charge in [-0.15, -0.1) is 0 Å². The zero-order chi connectivity index (χ0) is 11.6. The summed E-state index contributed by atoms with van der Waals surface area (Å²) < 4.78 is 23.0. The Kier molecular flexibility index (Phi) is 3.14. The predicted octanol–water partition coefficient (Wildman–Crippen LogP) is 1.51. The number of ether oxygens (including phenoxy) is 2. The van der Waals surface area contributed by atoms with Crippen LogP contribution >= 0.6 is 0 Å². The molecule has 0 atom stereocenters. The monoisotopic (exact) mass is 213 g/mol. The minimum atomic E-state index is -0.806. The SMILES string of the molecule is COC(=O)c1c(F)c(C)cc(N)c1OC. The van der Waals surface area contributed by atoms with Crippen molar-refractivity contribution in [2.45, 2.75) is 6.92 Å². The molecule has 0 aliphatic carbocycles. The number of aryl methyl sites for hydroxylation is 1. The summed E-state index contributed by atoms with van der Waals surface area (Å²) >= 11 is 0. The van der Waals surface area contributed by atoms with Crippen LogP contribution in [0.25, 0.3) is 0 Å². The average Bonchev–Trinajstić information content (AvgIpc) is 2.21. The predicted molar refractivity (Wildman–Crippen MR) is 53.4 cm³/mol. The highest BCUT2D eigenvalue weighted by Crippen LogP contribution is 2.31. The largest absolute Gasteiger partial charge is 0.494 e. The van der Waals surface area contributed by atoms with Crippen molar-refractivity contribution in [2.24, 2.45) is 0 Å². The summed E-state index contributed by atoms with van der Waals surface area (Å²) in [5, 5.41) is 0. The molecule has 1 rings (SSSR count). The molecule has 0 spiro atoms. The molecule has 4 nitrogen and oxygen atoms in total. The number of methoxy groups -OCH3 is 2. The topological polar surface area (TPSA) is 61.5 Å². The highest BCUT2D eigenvalue weighted by Gasteiger charge is 2.22. The molecule has 0 saturated carbocycles. The maximum absolute atomic E-state index is 13.6. The van der Waals surface area contributed by atoms with Gasteiger partial charge < -0.3 is 15.2 Å². The van der Waals surface area contributed by atoms with Crippen LogP contribution in [0.2, 0.25) is 0 Å². The first-order valence-electron chi connectivity index (χ1n) is 4.23. The lowest BCUT2D eigenvalue weighted by molar-refractivity contribution is 0.0591. The highest BCUT2D eigenvalue weighted by molar-refractivity contribution is 5.95. The number of nitrogens with two attached hydrogens (primary N) is 1. The summed E-state index contributed by atoms with van der Waals surface area (Å²) in [4.78, 5) is 11.3. The van der Waals surface area contributed by atoms with Gasteiger partial charge in [0.2, 0.25) is 0 Å². The van der Waals surface area contributed by atoms with E-state index in [4.69, 9.17) is 10.5 Å². The third-order valence-corrected chi connectivity index (χ3v) is 2.02. The van der Waals surface area contributed by atoms with Gasteiger partial charge in [-0.1, -0.05) is 0 Å². The van der Waals surface area contributed by atoms with E-state index in [2.05, 4.69) is 4.74 Å². The van der Waals surface area contributed by atoms with E-state index < -0.39 is 11.8 Å². The zero-order valence-electron chi connectivity index (χ0n) is 8.76. The lowest BCUT2D eigenvalue weighted by Crippen LogP contribution is -2.10. The third-order valence-electron chi connectivity index (χ3n) is 2.02. The summed E-state index contributed by atoms with van der Waals surface area (Å²) in [5.74, 6) is -1.47. The molecule has 0 radical (unpaired) electrons. The summed E-state index contributed by atoms with van der Waals surface area (Å²) in [6, 6.07) is 1.40. The molecule has 0 aliphatic rings. The van der Waals surface area contributed by atoms with Crippen molar-refractivity contribution in [3.63, 3.8) is 0 Å². The summed E-state index contributed by atoms with van der Waals surface area (Å²) in [7, 11) is 2.48. The number of halogens is 1. The van der Waals surface area contributed by atoms with Gasteiger partial charge in [-0.25, -0.2) is 9.18 Å². The van der Waals surface area contributed by atoms with Gasteiger partial charge in [0.1, 0.15) is 11.4 Å². The van der Waals surface area contributed by atoms with Crippen LogP contribution in [0.15, 0.2) is 6.07 Å². The summed E-state index contributed by atoms with van der Waals surface area (Å²) in [5.41, 5.74) is 5.81. The smallest absolute Gasteiger partial charge is 0.344 e. The highest BCUT2D eigenvalue weighted by atomic mass is 19.1. The molecule has 0 aromatic heterocycles. The maximum atomic E-state index is 13.6. The minimum absolute atomic E-state index is 0.00458. The van der Waals surface area contributed by atoms with Crippen molar-refractivity contribution in [1.29, 1.82) is 0 Å². The second-order valence-electron chi connectivity index (χ2n) is 3.00. The van der Waals surface area contributed by atoms with Gasteiger partial charge in [0.25, 0.3) is 0 Å². The van der Waals surface area contributed by atoms with Crippen LogP contribution in [0.5, 0.6) is 5.75 Å². The van der Waals surface area contributed by atoms with E-state index in [-0.39, 0.29) is 22.6 Å². The standard InChI is InChI=1S/C10H12FNO3/c1-5-4-6(12)9(14-2)7(8(5)11)10(13)15-3/h4H,12H2,1-3H3. The Labute approximate surface area is 86.8 Å². The molecular weight excluding hydrogens is 201 g/mol. The lowest BCUT2D eigenvalue weighted by Gasteiger charge is -2.12. The van der Waals surface area contributed by atoms with Crippen LogP contribution < -0.4 is 10.5 Å². The first-order chi connectivity index (χ1) is 7.02. The Morgan fingerprint density at radius 3 is 2.53 bits per heavy atom. The average molecular weight is 213 g/mol. The Bertz CT molecular complexity index is 404. The molecule has 0 saturated heterocycles. The number of esters is 1. The van der Waals surface area contributed by atoms with E-state index >= 15 is 0 Å². The molecule has 0 bridgehead atoms. The number of nitrogen functional groups attached to an aromatic ring is 1. The molecule has 5 heteroatoms. The van der Waals surface area contributed by atoms with Crippen LogP contribution in [-0.4, -0.2) is 20.2 Å². The van der Waals surface area contributed by atoms with Gasteiger partial charge in [-0.2, -0.15) is 0 Å². The number of carbonyl (C=O) groups excluding carboxylic acids is 1. The molecule has 0 fully saturated rings. The first-order valence-corrected chi connectivity index (χ1v) is 4.23. The fraction of sp³-hybridized carbons (Fsp3) is 0.300. The molecule has 1 aromatic rings. The third kappa shape index (κ3) is 1.86. The van der Waals surface area contributed by atoms with Crippen molar-refractivity contribution in [1.82, 2.24) is 0 Å². The fourth-order valence-electron chi connectivity index (χ4n) is 1.31. The van der Waals surface area contributed by atoms with E-state index in [1.54, 1.807) is 0 Å². The second kappa shape index (κ2) is 4.16. The first kappa shape index (κ1) is 11.3. The molecular formula is C10H12FNO3. The Morgan fingerprint density at radius 1 is 1.47 bits per heavy atom. The molecule has 0 aliphatic heterocycles. The molecule has 1 aromatic carbocycles. The van der Waals surface area contributed by atoms with Crippen molar-refractivity contribution >= 4 is 11.7 Å². The number of carbonyl (C=O) groups is 1. The number of hydrogen-bond acceptors (Lipinski definition) is 4. The van der Waals surface area contributed by atoms with Crippen molar-refractivity contribution in [3.05, 3.63) is 23.0 Å². The van der Waals surface area contributed by atoms with E-state index in [0.29, 0.717) is 0 Å². The van der Waals surface area contributed by atoms with Gasteiger partial charge in [-0.05, 0) is 18.6 Å². The Balaban J connectivity index is 3.50. The zero-order valence-corrected chi connectivity index (χ0v) is 8.76. The normalized spacial score (nSPS) is 9.87. The van der Waals surface area contributed by atoms with Gasteiger partial charge in [0.05, 0.1) is 19.9 Å². The van der Waals surface area contributed by atoms with Crippen LogP contribution in [0.4, 0.5) is 10.1 Å². The molecule has 0 heterocycles. The lowest BCUT2D eigenvalue weighted by atomic mass is 10.1. The molecule has 15 heavy (non-hydrogen) atoms. The number of anilines is 1. The van der Waals surface area contributed by atoms with E-state index in [1.807, 2.05) is 0 Å². The van der Waals surface area contributed by atoms with E-state index in [9.17, 15) is 9.18 Å². The number of rotatable bonds is 2. The van der Waals surface area contributed by atoms with Gasteiger partial charge in [-0.3, -0.25) is 0 Å². The Hall–Kier alpha value is -1.78. The summed E-state index contributed by atoms with van der Waals surface area (Å²) in [6.45, 7) is 1.51. The fourth-order valence-corrected chi connectivity index (χ4v) is 1.31. The van der Waals surface area contributed by atoms with Crippen LogP contribution in [0.1, 0.15) is 15.9 Å². The Morgan fingerprint density at radius 2 is 2.07 bits per heavy atom. The van der Waals surface area contributed by atoms with Crippen LogP contribution in [0.3, 0.4) is 0 Å². The van der Waals surface area contributed by atoms with Crippen molar-refractivity contribution in [3.8, 4) is 5.75 Å². The van der Waals surface area contributed by atoms with Gasteiger partial charge >= 0.3 is 5.97 Å². The minimum Gasteiger partial charge on any atom is -0.494 e. The summed E-state index contributed by atoms with van der Waals surface area (Å²) in [6.07, 6.45) is 0. The van der Waals surface area contributed by atoms with Gasteiger partial charge in [0, 0.05) is 0 Å². The van der Waals surface area contributed by atoms with Gasteiger partial charge in [0.15, 0.2) is 5.75 Å². The van der Waals surface area contributed by atoms with E-state index in [0.717, 1.165) is 0 Å². The molecule has 0 unspecified atom stereocenters. The molecule has 2 N–H and O–H groups in total. The van der Waals surface area contributed by atoms with Crippen LogP contribution in [-0.2, 0) is 4.74 Å².